The Kier molecular flexibility index (Phi) is 6.35. The van der Waals surface area contributed by atoms with Crippen molar-refractivity contribution < 1.29 is 9.59 Å². The Bertz CT molecular complexity index is 764. The third-order valence-corrected chi connectivity index (χ3v) is 4.81. The van der Waals surface area contributed by atoms with E-state index in [0.717, 1.165) is 32.2 Å². The van der Waals surface area contributed by atoms with Gasteiger partial charge in [-0.15, -0.1) is 0 Å². The monoisotopic (exact) mass is 367 g/mol. The van der Waals surface area contributed by atoms with Crippen LogP contribution in [0.2, 0.25) is 0 Å². The van der Waals surface area contributed by atoms with Crippen LogP contribution in [0.1, 0.15) is 46.4 Å². The van der Waals surface area contributed by atoms with Gasteiger partial charge in [0.2, 0.25) is 5.95 Å². The Balaban J connectivity index is 1.58. The van der Waals surface area contributed by atoms with Crippen LogP contribution in [0, 0.1) is 0 Å². The van der Waals surface area contributed by atoms with Crippen LogP contribution >= 0.6 is 0 Å². The molecule has 1 unspecified atom stereocenters. The Labute approximate surface area is 159 Å². The Morgan fingerprint density at radius 2 is 1.85 bits per heavy atom. The fourth-order valence-electron chi connectivity index (χ4n) is 3.35. The molecule has 1 saturated heterocycles. The summed E-state index contributed by atoms with van der Waals surface area (Å²) in [7, 11) is 1.74. The molecule has 7 nitrogen and oxygen atoms in total. The van der Waals surface area contributed by atoms with Gasteiger partial charge in [0.25, 0.3) is 11.8 Å². The van der Waals surface area contributed by atoms with E-state index in [2.05, 4.69) is 20.6 Å². The molecule has 27 heavy (non-hydrogen) atoms. The molecule has 2 aromatic rings. The lowest BCUT2D eigenvalue weighted by Gasteiger charge is -2.36. The summed E-state index contributed by atoms with van der Waals surface area (Å²) in [4.78, 5) is 35.2. The summed E-state index contributed by atoms with van der Waals surface area (Å²) < 4.78 is 0. The van der Waals surface area contributed by atoms with E-state index in [-0.39, 0.29) is 17.9 Å². The number of nitrogens with one attached hydrogen (secondary N) is 2. The lowest BCUT2D eigenvalue weighted by atomic mass is 9.98. The fraction of sp³-hybridized carbons (Fsp3) is 0.400. The van der Waals surface area contributed by atoms with Crippen LogP contribution in [-0.4, -0.2) is 52.9 Å². The minimum atomic E-state index is -0.0830. The SMILES string of the molecule is CNc1ncc(C(=O)N2CCCCC2CCNC(=O)c2ccccc2)cn1. The van der Waals surface area contributed by atoms with E-state index >= 15 is 0 Å². The number of amides is 2. The molecule has 0 saturated carbocycles. The molecule has 0 aliphatic carbocycles. The van der Waals surface area contributed by atoms with Crippen molar-refractivity contribution in [3.63, 3.8) is 0 Å². The first-order valence-corrected chi connectivity index (χ1v) is 9.33. The topological polar surface area (TPSA) is 87.2 Å². The molecule has 1 aromatic carbocycles. The maximum absolute atomic E-state index is 12.9. The molecule has 1 atom stereocenters. The number of benzene rings is 1. The van der Waals surface area contributed by atoms with E-state index in [1.807, 2.05) is 23.1 Å². The fourth-order valence-corrected chi connectivity index (χ4v) is 3.35. The minimum Gasteiger partial charge on any atom is -0.357 e. The normalized spacial score (nSPS) is 16.6. The van der Waals surface area contributed by atoms with Gasteiger partial charge in [0.1, 0.15) is 0 Å². The molecule has 3 rings (SSSR count). The molecule has 7 heteroatoms. The highest BCUT2D eigenvalue weighted by Gasteiger charge is 2.27. The van der Waals surface area contributed by atoms with Crippen molar-refractivity contribution in [3.05, 3.63) is 53.9 Å². The number of nitrogens with zero attached hydrogens (tertiary/aromatic N) is 3. The maximum Gasteiger partial charge on any atom is 0.257 e. The zero-order chi connectivity index (χ0) is 19.1. The first-order chi connectivity index (χ1) is 13.2. The maximum atomic E-state index is 12.9. The second-order valence-corrected chi connectivity index (χ2v) is 6.60. The molecule has 2 amide bonds. The molecule has 0 bridgehead atoms. The molecule has 0 radical (unpaired) electrons. The third-order valence-electron chi connectivity index (χ3n) is 4.81. The largest absolute Gasteiger partial charge is 0.357 e. The molecule has 2 heterocycles. The molecular formula is C20H25N5O2. The molecular weight excluding hydrogens is 342 g/mol. The molecule has 1 aromatic heterocycles. The van der Waals surface area contributed by atoms with Crippen molar-refractivity contribution in [2.24, 2.45) is 0 Å². The van der Waals surface area contributed by atoms with Gasteiger partial charge in [-0.05, 0) is 37.8 Å². The minimum absolute atomic E-state index is 0.0447. The molecule has 1 fully saturated rings. The smallest absolute Gasteiger partial charge is 0.257 e. The molecule has 142 valence electrons. The van der Waals surface area contributed by atoms with Gasteiger partial charge in [-0.3, -0.25) is 9.59 Å². The van der Waals surface area contributed by atoms with Crippen molar-refractivity contribution in [1.82, 2.24) is 20.2 Å². The first-order valence-electron chi connectivity index (χ1n) is 9.33. The van der Waals surface area contributed by atoms with Gasteiger partial charge in [-0.25, -0.2) is 9.97 Å². The zero-order valence-electron chi connectivity index (χ0n) is 15.5. The summed E-state index contributed by atoms with van der Waals surface area (Å²) in [6.45, 7) is 1.27. The van der Waals surface area contributed by atoms with Crippen molar-refractivity contribution in [1.29, 1.82) is 0 Å². The van der Waals surface area contributed by atoms with Gasteiger partial charge >= 0.3 is 0 Å². The summed E-state index contributed by atoms with van der Waals surface area (Å²) >= 11 is 0. The van der Waals surface area contributed by atoms with Crippen LogP contribution in [0.25, 0.3) is 0 Å². The highest BCUT2D eigenvalue weighted by molar-refractivity contribution is 5.94. The summed E-state index contributed by atoms with van der Waals surface area (Å²) in [5.74, 6) is 0.363. The van der Waals surface area contributed by atoms with E-state index < -0.39 is 0 Å². The lowest BCUT2D eigenvalue weighted by molar-refractivity contribution is 0.0600. The molecule has 2 N–H and O–H groups in total. The van der Waals surface area contributed by atoms with Gasteiger partial charge in [-0.1, -0.05) is 18.2 Å². The van der Waals surface area contributed by atoms with Crippen molar-refractivity contribution >= 4 is 17.8 Å². The number of aromatic nitrogens is 2. The van der Waals surface area contributed by atoms with Crippen molar-refractivity contribution in [2.45, 2.75) is 31.7 Å². The van der Waals surface area contributed by atoms with Gasteiger partial charge in [0, 0.05) is 44.1 Å². The third kappa shape index (κ3) is 4.81. The van der Waals surface area contributed by atoms with E-state index in [1.165, 1.54) is 0 Å². The number of hydrogen-bond acceptors (Lipinski definition) is 5. The van der Waals surface area contributed by atoms with E-state index in [9.17, 15) is 9.59 Å². The highest BCUT2D eigenvalue weighted by Crippen LogP contribution is 2.21. The second-order valence-electron chi connectivity index (χ2n) is 6.60. The summed E-state index contributed by atoms with van der Waals surface area (Å²) in [5, 5.41) is 5.80. The molecule has 1 aliphatic heterocycles. The summed E-state index contributed by atoms with van der Waals surface area (Å²) in [6, 6.07) is 9.28. The van der Waals surface area contributed by atoms with Crippen LogP contribution in [-0.2, 0) is 0 Å². The zero-order valence-corrected chi connectivity index (χ0v) is 15.5. The van der Waals surface area contributed by atoms with Crippen molar-refractivity contribution in [2.75, 3.05) is 25.5 Å². The van der Waals surface area contributed by atoms with E-state index in [0.29, 0.717) is 23.6 Å². The lowest BCUT2D eigenvalue weighted by Crippen LogP contribution is -2.45. The standard InChI is InChI=1S/C20H25N5O2/c1-21-20-23-13-16(14-24-20)19(27)25-12-6-5-9-17(25)10-11-22-18(26)15-7-3-2-4-8-15/h2-4,7-8,13-14,17H,5-6,9-12H2,1H3,(H,22,26)(H,21,23,24). The summed E-state index contributed by atoms with van der Waals surface area (Å²) in [5.41, 5.74) is 1.14. The van der Waals surface area contributed by atoms with Crippen LogP contribution in [0.3, 0.4) is 0 Å². The number of likely N-dealkylation sites (tertiary alicyclic amines) is 1. The highest BCUT2D eigenvalue weighted by atomic mass is 16.2. The number of anilines is 1. The van der Waals surface area contributed by atoms with E-state index in [4.69, 9.17) is 0 Å². The average molecular weight is 367 g/mol. The van der Waals surface area contributed by atoms with Crippen LogP contribution in [0.5, 0.6) is 0 Å². The second kappa shape index (κ2) is 9.12. The number of hydrogen-bond donors (Lipinski definition) is 2. The average Bonchev–Trinajstić information content (AvgIpc) is 2.74. The predicted octanol–water partition coefficient (Wildman–Crippen LogP) is 2.33. The number of carbonyl (C=O) groups is 2. The molecule has 1 aliphatic rings. The number of carbonyl (C=O) groups excluding carboxylic acids is 2. The summed E-state index contributed by atoms with van der Waals surface area (Å²) in [6.07, 6.45) is 6.89. The van der Waals surface area contributed by atoms with Crippen LogP contribution in [0.4, 0.5) is 5.95 Å². The van der Waals surface area contributed by atoms with Crippen LogP contribution < -0.4 is 10.6 Å². The number of rotatable bonds is 6. The quantitative estimate of drug-likeness (QED) is 0.818. The molecule has 0 spiro atoms. The Morgan fingerprint density at radius 1 is 1.11 bits per heavy atom. The van der Waals surface area contributed by atoms with Gasteiger partial charge < -0.3 is 15.5 Å². The predicted molar refractivity (Wildman–Crippen MR) is 104 cm³/mol. The van der Waals surface area contributed by atoms with Crippen LogP contribution in [0.15, 0.2) is 42.7 Å². The van der Waals surface area contributed by atoms with Gasteiger partial charge in [0.15, 0.2) is 0 Å². The van der Waals surface area contributed by atoms with Gasteiger partial charge in [-0.2, -0.15) is 0 Å². The Hall–Kier alpha value is -2.96. The van der Waals surface area contributed by atoms with E-state index in [1.54, 1.807) is 31.6 Å². The first kappa shape index (κ1) is 18.8. The van der Waals surface area contributed by atoms with Gasteiger partial charge in [0.05, 0.1) is 5.56 Å². The van der Waals surface area contributed by atoms with Crippen molar-refractivity contribution in [3.8, 4) is 0 Å². The Morgan fingerprint density at radius 3 is 2.56 bits per heavy atom. The number of piperidine rings is 1.